The minimum atomic E-state index is -4.83. The zero-order chi connectivity index (χ0) is 26.9. The first kappa shape index (κ1) is 27.0. The van der Waals surface area contributed by atoms with Crippen molar-refractivity contribution >= 4 is 51.8 Å². The molecule has 0 saturated carbocycles. The molecule has 3 aromatic carbocycles. The predicted molar refractivity (Wildman–Crippen MR) is 137 cm³/mol. The van der Waals surface area contributed by atoms with Gasteiger partial charge in [0.05, 0.1) is 10.5 Å². The molecule has 1 N–H and O–H groups in total. The molecule has 0 unspecified atom stereocenters. The largest absolute Gasteiger partial charge is 0.573 e. The molecule has 0 spiro atoms. The highest BCUT2D eigenvalue weighted by Gasteiger charge is 2.31. The van der Waals surface area contributed by atoms with Crippen LogP contribution in [-0.4, -0.2) is 28.1 Å². The van der Waals surface area contributed by atoms with Crippen molar-refractivity contribution in [3.05, 3.63) is 82.0 Å². The first-order valence-electron chi connectivity index (χ1n) is 10.9. The summed E-state index contributed by atoms with van der Waals surface area (Å²) in [7, 11) is 0. The van der Waals surface area contributed by atoms with Crippen LogP contribution in [0.5, 0.6) is 11.5 Å². The molecule has 0 aliphatic carbocycles. The van der Waals surface area contributed by atoms with Crippen LogP contribution in [0.1, 0.15) is 18.2 Å². The maximum absolute atomic E-state index is 12.9. The minimum absolute atomic E-state index is 0.194. The van der Waals surface area contributed by atoms with Crippen molar-refractivity contribution in [1.82, 2.24) is 4.57 Å². The Hall–Kier alpha value is -3.01. The SMILES string of the molecule is Cc1c(Sc2ccc(Cl)cc2)c2ccc(OC(F)(F)F)cc2n1Cc1ccc(Cl)c(O[C@@H](C)C(=O)O)c1. The third-order valence-corrected chi connectivity index (χ3v) is 7.28. The van der Waals surface area contributed by atoms with Crippen LogP contribution in [-0.2, 0) is 11.3 Å². The van der Waals surface area contributed by atoms with Crippen molar-refractivity contribution in [2.45, 2.75) is 42.6 Å². The second kappa shape index (κ2) is 10.8. The van der Waals surface area contributed by atoms with E-state index in [0.29, 0.717) is 16.1 Å². The summed E-state index contributed by atoms with van der Waals surface area (Å²) in [5.41, 5.74) is 2.06. The highest BCUT2D eigenvalue weighted by Crippen LogP contribution is 2.41. The molecular formula is C26H20Cl2F3NO4S. The lowest BCUT2D eigenvalue weighted by Gasteiger charge is -2.15. The fraction of sp³-hybridized carbons (Fsp3) is 0.192. The number of halogens is 5. The fourth-order valence-corrected chi connectivity index (χ4v) is 5.07. The molecule has 1 aromatic heterocycles. The Morgan fingerprint density at radius 1 is 1.08 bits per heavy atom. The lowest BCUT2D eigenvalue weighted by molar-refractivity contribution is -0.274. The van der Waals surface area contributed by atoms with E-state index in [2.05, 4.69) is 4.74 Å². The van der Waals surface area contributed by atoms with Crippen molar-refractivity contribution in [2.75, 3.05) is 0 Å². The number of rotatable bonds is 8. The van der Waals surface area contributed by atoms with Crippen molar-refractivity contribution in [1.29, 1.82) is 0 Å². The van der Waals surface area contributed by atoms with E-state index in [0.717, 1.165) is 20.9 Å². The molecule has 4 rings (SSSR count). The molecule has 194 valence electrons. The quantitative estimate of drug-likeness (QED) is 0.231. The Morgan fingerprint density at radius 3 is 2.43 bits per heavy atom. The van der Waals surface area contributed by atoms with Crippen molar-refractivity contribution in [2.24, 2.45) is 0 Å². The number of carboxylic acid groups (broad SMARTS) is 1. The molecule has 0 radical (unpaired) electrons. The lowest BCUT2D eigenvalue weighted by atomic mass is 10.2. The van der Waals surface area contributed by atoms with Crippen LogP contribution in [0, 0.1) is 6.92 Å². The van der Waals surface area contributed by atoms with Gasteiger partial charge in [0.25, 0.3) is 0 Å². The molecule has 1 heterocycles. The number of ether oxygens (including phenoxy) is 2. The predicted octanol–water partition coefficient (Wildman–Crippen LogP) is 8.21. The molecule has 0 aliphatic heterocycles. The summed E-state index contributed by atoms with van der Waals surface area (Å²) in [4.78, 5) is 13.0. The molecule has 1 atom stereocenters. The summed E-state index contributed by atoms with van der Waals surface area (Å²) in [5.74, 6) is -1.29. The second-order valence-electron chi connectivity index (χ2n) is 8.15. The molecule has 0 amide bonds. The number of hydrogen-bond acceptors (Lipinski definition) is 4. The Labute approximate surface area is 224 Å². The molecule has 5 nitrogen and oxygen atoms in total. The number of aromatic nitrogens is 1. The van der Waals surface area contributed by atoms with Gasteiger partial charge in [-0.05, 0) is 67.9 Å². The Balaban J connectivity index is 1.78. The Bertz CT molecular complexity index is 1460. The van der Waals surface area contributed by atoms with Gasteiger partial charge in [0, 0.05) is 38.5 Å². The maximum Gasteiger partial charge on any atom is 0.573 e. The summed E-state index contributed by atoms with van der Waals surface area (Å²) in [6.45, 7) is 3.52. The summed E-state index contributed by atoms with van der Waals surface area (Å²) in [5, 5.41) is 10.7. The molecule has 11 heteroatoms. The maximum atomic E-state index is 12.9. The highest BCUT2D eigenvalue weighted by molar-refractivity contribution is 7.99. The van der Waals surface area contributed by atoms with Gasteiger partial charge in [-0.2, -0.15) is 0 Å². The smallest absolute Gasteiger partial charge is 0.479 e. The van der Waals surface area contributed by atoms with E-state index in [1.54, 1.807) is 36.4 Å². The molecule has 0 bridgehead atoms. The van der Waals surface area contributed by atoms with Crippen molar-refractivity contribution in [3.63, 3.8) is 0 Å². The first-order chi connectivity index (χ1) is 17.4. The standard InChI is InChI=1S/C26H20Cl2F3NO4S/c1-14-24(37-19-7-4-17(27)5-8-19)20-9-6-18(36-26(29,30)31)12-22(20)32(14)13-16-3-10-21(28)23(11-16)35-15(2)25(33)34/h3-12,15H,13H2,1-2H3,(H,33,34)/t15-/m0/s1. The van der Waals surface area contributed by atoms with Crippen molar-refractivity contribution in [3.8, 4) is 11.5 Å². The van der Waals surface area contributed by atoms with E-state index >= 15 is 0 Å². The third kappa shape index (κ3) is 6.47. The average molecular weight is 570 g/mol. The molecule has 0 fully saturated rings. The number of fused-ring (bicyclic) bond motifs is 1. The van der Waals surface area contributed by atoms with Gasteiger partial charge in [0.1, 0.15) is 11.5 Å². The summed E-state index contributed by atoms with van der Waals surface area (Å²) < 4.78 is 50.3. The fourth-order valence-electron chi connectivity index (χ4n) is 3.73. The van der Waals surface area contributed by atoms with Crippen LogP contribution in [0.3, 0.4) is 0 Å². The summed E-state index contributed by atoms with van der Waals surface area (Å²) >= 11 is 13.7. The normalized spacial score (nSPS) is 12.5. The van der Waals surface area contributed by atoms with Crippen LogP contribution in [0.25, 0.3) is 10.9 Å². The van der Waals surface area contributed by atoms with Gasteiger partial charge in [-0.15, -0.1) is 13.2 Å². The number of carbonyl (C=O) groups is 1. The van der Waals surface area contributed by atoms with Gasteiger partial charge in [-0.25, -0.2) is 4.79 Å². The van der Waals surface area contributed by atoms with E-state index in [-0.39, 0.29) is 23.1 Å². The van der Waals surface area contributed by atoms with Gasteiger partial charge < -0.3 is 19.1 Å². The van der Waals surface area contributed by atoms with E-state index < -0.39 is 18.4 Å². The number of aliphatic carboxylic acids is 1. The number of nitrogens with zero attached hydrogens (tertiary/aromatic N) is 1. The van der Waals surface area contributed by atoms with Crippen LogP contribution < -0.4 is 9.47 Å². The number of alkyl halides is 3. The van der Waals surface area contributed by atoms with Crippen molar-refractivity contribution < 1.29 is 32.5 Å². The Morgan fingerprint density at radius 2 is 1.78 bits per heavy atom. The van der Waals surface area contributed by atoms with Crippen LogP contribution in [0.15, 0.2) is 70.5 Å². The summed E-state index contributed by atoms with van der Waals surface area (Å²) in [6.07, 6.45) is -5.95. The van der Waals surface area contributed by atoms with Gasteiger partial charge in [0.2, 0.25) is 0 Å². The molecule has 37 heavy (non-hydrogen) atoms. The van der Waals surface area contributed by atoms with Gasteiger partial charge in [-0.3, -0.25) is 0 Å². The molecule has 0 aliphatic rings. The molecule has 4 aromatic rings. The monoisotopic (exact) mass is 569 g/mol. The summed E-state index contributed by atoms with van der Waals surface area (Å²) in [6, 6.07) is 16.4. The van der Waals surface area contributed by atoms with E-state index in [1.165, 1.54) is 30.8 Å². The lowest BCUT2D eigenvalue weighted by Crippen LogP contribution is -2.23. The molecule has 0 saturated heterocycles. The minimum Gasteiger partial charge on any atom is -0.479 e. The molecular weight excluding hydrogens is 550 g/mol. The number of hydrogen-bond donors (Lipinski definition) is 1. The van der Waals surface area contributed by atoms with E-state index in [1.807, 2.05) is 23.6 Å². The third-order valence-electron chi connectivity index (χ3n) is 5.49. The van der Waals surface area contributed by atoms with E-state index in [4.69, 9.17) is 33.0 Å². The number of benzene rings is 3. The zero-order valence-corrected chi connectivity index (χ0v) is 21.8. The van der Waals surface area contributed by atoms with E-state index in [9.17, 15) is 18.0 Å². The highest BCUT2D eigenvalue weighted by atomic mass is 35.5. The Kier molecular flexibility index (Phi) is 7.87. The van der Waals surface area contributed by atoms with Crippen LogP contribution >= 0.6 is 35.0 Å². The first-order valence-corrected chi connectivity index (χ1v) is 12.5. The van der Waals surface area contributed by atoms with Gasteiger partial charge in [0.15, 0.2) is 6.10 Å². The zero-order valence-electron chi connectivity index (χ0n) is 19.5. The average Bonchev–Trinajstić information content (AvgIpc) is 3.06. The van der Waals surface area contributed by atoms with Gasteiger partial charge >= 0.3 is 12.3 Å². The topological polar surface area (TPSA) is 60.7 Å². The van der Waals surface area contributed by atoms with Crippen LogP contribution in [0.4, 0.5) is 13.2 Å². The number of carboxylic acids is 1. The van der Waals surface area contributed by atoms with Gasteiger partial charge in [-0.1, -0.05) is 41.0 Å². The second-order valence-corrected chi connectivity index (χ2v) is 10.1. The van der Waals surface area contributed by atoms with Crippen LogP contribution in [0.2, 0.25) is 10.0 Å².